The third-order valence-corrected chi connectivity index (χ3v) is 4.76. The molecule has 0 radical (unpaired) electrons. The molecule has 0 bridgehead atoms. The summed E-state index contributed by atoms with van der Waals surface area (Å²) in [4.78, 5) is 9.34. The van der Waals surface area contributed by atoms with Crippen LogP contribution in [0.25, 0.3) is 0 Å². The summed E-state index contributed by atoms with van der Waals surface area (Å²) in [6.45, 7) is 9.85. The average Bonchev–Trinajstić information content (AvgIpc) is 2.51. The fourth-order valence-electron chi connectivity index (χ4n) is 3.61. The number of hydrogen-bond acceptors (Lipinski definition) is 4. The quantitative estimate of drug-likeness (QED) is 0.849. The topological polar surface area (TPSA) is 28.6 Å². The number of piperidine rings is 1. The Morgan fingerprint density at radius 2 is 2.10 bits per heavy atom. The highest BCUT2D eigenvalue weighted by atomic mass is 16.5. The molecule has 0 aliphatic carbocycles. The number of morpholine rings is 1. The van der Waals surface area contributed by atoms with E-state index < -0.39 is 0 Å². The Balaban J connectivity index is 1.56. The standard InChI is InChI=1S/C17H27N3O/c1-2-8-19-9-5-17(6-10-19)15-20(11-12-21-17)14-16-4-3-7-18-13-16/h3-4,7,13H,2,5-6,8-12,14-15H2,1H3. The van der Waals surface area contributed by atoms with Crippen molar-refractivity contribution < 1.29 is 4.74 Å². The van der Waals surface area contributed by atoms with E-state index in [1.54, 1.807) is 0 Å². The first-order valence-corrected chi connectivity index (χ1v) is 8.27. The van der Waals surface area contributed by atoms with Gasteiger partial charge in [0.1, 0.15) is 0 Å². The second-order valence-electron chi connectivity index (χ2n) is 6.45. The van der Waals surface area contributed by atoms with Gasteiger partial charge in [-0.25, -0.2) is 0 Å². The lowest BCUT2D eigenvalue weighted by atomic mass is 9.89. The molecule has 0 aromatic carbocycles. The molecule has 0 amide bonds. The predicted molar refractivity (Wildman–Crippen MR) is 84.2 cm³/mol. The molecule has 2 fully saturated rings. The molecule has 0 atom stereocenters. The van der Waals surface area contributed by atoms with Crippen LogP contribution in [0.5, 0.6) is 0 Å². The maximum Gasteiger partial charge on any atom is 0.0833 e. The van der Waals surface area contributed by atoms with E-state index in [1.165, 1.54) is 44.5 Å². The van der Waals surface area contributed by atoms with E-state index in [-0.39, 0.29) is 5.60 Å². The first-order chi connectivity index (χ1) is 10.3. The Morgan fingerprint density at radius 1 is 1.24 bits per heavy atom. The zero-order chi connectivity index (χ0) is 14.5. The molecule has 2 aliphatic heterocycles. The number of nitrogens with zero attached hydrogens (tertiary/aromatic N) is 3. The minimum Gasteiger partial charge on any atom is -0.372 e. The minimum absolute atomic E-state index is 0.102. The molecule has 3 heterocycles. The maximum absolute atomic E-state index is 6.22. The number of pyridine rings is 1. The van der Waals surface area contributed by atoms with Crippen LogP contribution in [0.15, 0.2) is 24.5 Å². The lowest BCUT2D eigenvalue weighted by Crippen LogP contribution is -2.56. The number of hydrogen-bond donors (Lipinski definition) is 0. The Bertz CT molecular complexity index is 429. The molecular weight excluding hydrogens is 262 g/mol. The van der Waals surface area contributed by atoms with Gasteiger partial charge in [-0.3, -0.25) is 9.88 Å². The third-order valence-electron chi connectivity index (χ3n) is 4.76. The molecule has 2 saturated heterocycles. The Kier molecular flexibility index (Phi) is 4.88. The van der Waals surface area contributed by atoms with Crippen molar-refractivity contribution in [1.29, 1.82) is 0 Å². The summed E-state index contributed by atoms with van der Waals surface area (Å²) in [5, 5.41) is 0. The van der Waals surface area contributed by atoms with Crippen LogP contribution in [-0.4, -0.2) is 59.7 Å². The van der Waals surface area contributed by atoms with Crippen molar-refractivity contribution in [3.63, 3.8) is 0 Å². The Hall–Kier alpha value is -0.970. The Labute approximate surface area is 128 Å². The summed E-state index contributed by atoms with van der Waals surface area (Å²) >= 11 is 0. The molecule has 1 aromatic rings. The highest BCUT2D eigenvalue weighted by Gasteiger charge is 2.39. The van der Waals surface area contributed by atoms with Crippen LogP contribution in [0.2, 0.25) is 0 Å². The van der Waals surface area contributed by atoms with Crippen LogP contribution in [-0.2, 0) is 11.3 Å². The van der Waals surface area contributed by atoms with Crippen molar-refractivity contribution in [2.75, 3.05) is 39.3 Å². The third kappa shape index (κ3) is 3.82. The number of likely N-dealkylation sites (tertiary alicyclic amines) is 1. The van der Waals surface area contributed by atoms with Crippen LogP contribution < -0.4 is 0 Å². The van der Waals surface area contributed by atoms with Gasteiger partial charge in [-0.1, -0.05) is 13.0 Å². The van der Waals surface area contributed by atoms with E-state index in [1.807, 2.05) is 18.5 Å². The smallest absolute Gasteiger partial charge is 0.0833 e. The van der Waals surface area contributed by atoms with E-state index in [0.717, 1.165) is 26.2 Å². The van der Waals surface area contributed by atoms with E-state index in [2.05, 4.69) is 27.8 Å². The monoisotopic (exact) mass is 289 g/mol. The molecule has 0 N–H and O–H groups in total. The van der Waals surface area contributed by atoms with Gasteiger partial charge in [0.15, 0.2) is 0 Å². The first kappa shape index (κ1) is 14.9. The van der Waals surface area contributed by atoms with Crippen molar-refractivity contribution in [1.82, 2.24) is 14.8 Å². The summed E-state index contributed by atoms with van der Waals surface area (Å²) < 4.78 is 6.22. The molecule has 21 heavy (non-hydrogen) atoms. The molecule has 4 heteroatoms. The normalized spacial score (nSPS) is 23.5. The SMILES string of the molecule is CCCN1CCC2(CC1)CN(Cc1cccnc1)CCO2. The Morgan fingerprint density at radius 3 is 2.81 bits per heavy atom. The van der Waals surface area contributed by atoms with Crippen molar-refractivity contribution in [3.05, 3.63) is 30.1 Å². The molecule has 1 aromatic heterocycles. The molecular formula is C17H27N3O. The second-order valence-corrected chi connectivity index (χ2v) is 6.45. The van der Waals surface area contributed by atoms with Crippen LogP contribution in [0, 0.1) is 0 Å². The highest BCUT2D eigenvalue weighted by molar-refractivity contribution is 5.08. The van der Waals surface area contributed by atoms with Crippen molar-refractivity contribution >= 4 is 0 Å². The van der Waals surface area contributed by atoms with Gasteiger partial charge < -0.3 is 9.64 Å². The van der Waals surface area contributed by atoms with Gasteiger partial charge in [0.05, 0.1) is 12.2 Å². The minimum atomic E-state index is 0.102. The molecule has 1 spiro atoms. The fraction of sp³-hybridized carbons (Fsp3) is 0.706. The van der Waals surface area contributed by atoms with Gasteiger partial charge in [-0.05, 0) is 37.4 Å². The molecule has 3 rings (SSSR count). The van der Waals surface area contributed by atoms with Gasteiger partial charge >= 0.3 is 0 Å². The summed E-state index contributed by atoms with van der Waals surface area (Å²) in [5.41, 5.74) is 1.41. The molecule has 0 unspecified atom stereocenters. The van der Waals surface area contributed by atoms with Gasteiger partial charge in [0.2, 0.25) is 0 Å². The predicted octanol–water partition coefficient (Wildman–Crippen LogP) is 2.16. The summed E-state index contributed by atoms with van der Waals surface area (Å²) in [6, 6.07) is 4.19. The van der Waals surface area contributed by atoms with Gasteiger partial charge in [-0.2, -0.15) is 0 Å². The van der Waals surface area contributed by atoms with E-state index >= 15 is 0 Å². The average molecular weight is 289 g/mol. The van der Waals surface area contributed by atoms with Crippen LogP contribution in [0.1, 0.15) is 31.7 Å². The summed E-state index contributed by atoms with van der Waals surface area (Å²) in [5.74, 6) is 0. The zero-order valence-electron chi connectivity index (χ0n) is 13.1. The summed E-state index contributed by atoms with van der Waals surface area (Å²) in [6.07, 6.45) is 7.42. The van der Waals surface area contributed by atoms with Crippen LogP contribution in [0.4, 0.5) is 0 Å². The zero-order valence-corrected chi connectivity index (χ0v) is 13.1. The lowest BCUT2D eigenvalue weighted by Gasteiger charge is -2.47. The van der Waals surface area contributed by atoms with Crippen LogP contribution in [0.3, 0.4) is 0 Å². The maximum atomic E-state index is 6.22. The van der Waals surface area contributed by atoms with E-state index in [4.69, 9.17) is 4.74 Å². The molecule has 0 saturated carbocycles. The van der Waals surface area contributed by atoms with Gasteiger partial charge in [-0.15, -0.1) is 0 Å². The number of rotatable bonds is 4. The summed E-state index contributed by atoms with van der Waals surface area (Å²) in [7, 11) is 0. The second kappa shape index (κ2) is 6.86. The molecule has 116 valence electrons. The fourth-order valence-corrected chi connectivity index (χ4v) is 3.61. The molecule has 4 nitrogen and oxygen atoms in total. The largest absolute Gasteiger partial charge is 0.372 e. The lowest BCUT2D eigenvalue weighted by molar-refractivity contribution is -0.137. The van der Waals surface area contributed by atoms with Crippen molar-refractivity contribution in [3.8, 4) is 0 Å². The highest BCUT2D eigenvalue weighted by Crippen LogP contribution is 2.30. The van der Waals surface area contributed by atoms with E-state index in [0.29, 0.717) is 0 Å². The molecule has 2 aliphatic rings. The first-order valence-electron chi connectivity index (χ1n) is 8.27. The van der Waals surface area contributed by atoms with Crippen molar-refractivity contribution in [2.45, 2.75) is 38.3 Å². The van der Waals surface area contributed by atoms with Crippen LogP contribution >= 0.6 is 0 Å². The number of ether oxygens (including phenoxy) is 1. The van der Waals surface area contributed by atoms with E-state index in [9.17, 15) is 0 Å². The van der Waals surface area contributed by atoms with Crippen molar-refractivity contribution in [2.24, 2.45) is 0 Å². The van der Waals surface area contributed by atoms with Gasteiger partial charge in [0, 0.05) is 45.1 Å². The number of aromatic nitrogens is 1. The van der Waals surface area contributed by atoms with Gasteiger partial charge in [0.25, 0.3) is 0 Å².